The highest BCUT2D eigenvalue weighted by molar-refractivity contribution is 6.13. The number of benzene rings is 9. The first kappa shape index (κ1) is 42.3. The average molecular weight is 923 g/mol. The van der Waals surface area contributed by atoms with Crippen molar-refractivity contribution in [2.75, 3.05) is 9.80 Å². The number of para-hydroxylation sites is 6. The lowest BCUT2D eigenvalue weighted by Crippen LogP contribution is -2.17. The highest BCUT2D eigenvalue weighted by Gasteiger charge is 2.38. The Morgan fingerprint density at radius 1 is 0.380 bits per heavy atom. The number of fused-ring (bicyclic) bond motifs is 11. The lowest BCUT2D eigenvalue weighted by Gasteiger charge is -2.28. The van der Waals surface area contributed by atoms with E-state index in [2.05, 4.69) is 206 Å². The molecule has 11 aromatic rings. The monoisotopic (exact) mass is 922 g/mol. The molecule has 4 heteroatoms. The van der Waals surface area contributed by atoms with Crippen LogP contribution in [-0.2, 0) is 5.41 Å². The molecule has 2 aromatic heterocycles. The summed E-state index contributed by atoms with van der Waals surface area (Å²) in [4.78, 5) is 4.80. The molecule has 4 nitrogen and oxygen atoms in total. The fourth-order valence-corrected chi connectivity index (χ4v) is 13.4. The van der Waals surface area contributed by atoms with Gasteiger partial charge in [0.1, 0.15) is 11.2 Å². The predicted octanol–water partition coefficient (Wildman–Crippen LogP) is 20.0. The highest BCUT2D eigenvalue weighted by atomic mass is 16.3. The topological polar surface area (TPSA) is 32.8 Å². The van der Waals surface area contributed by atoms with Crippen LogP contribution in [0.4, 0.5) is 34.1 Å². The van der Waals surface area contributed by atoms with Crippen LogP contribution in [0.3, 0.4) is 0 Å². The van der Waals surface area contributed by atoms with Gasteiger partial charge in [-0.3, -0.25) is 0 Å². The molecular formula is C67H58N2O2. The largest absolute Gasteiger partial charge is 0.454 e. The van der Waals surface area contributed by atoms with Crippen molar-refractivity contribution in [2.24, 2.45) is 0 Å². The van der Waals surface area contributed by atoms with Gasteiger partial charge in [0.2, 0.25) is 0 Å². The first-order chi connectivity index (χ1) is 35.0. The molecule has 0 unspecified atom stereocenters. The molecule has 71 heavy (non-hydrogen) atoms. The maximum Gasteiger partial charge on any atom is 0.159 e. The molecule has 0 saturated heterocycles. The summed E-state index contributed by atoms with van der Waals surface area (Å²) in [5.41, 5.74) is 18.2. The van der Waals surface area contributed by atoms with Gasteiger partial charge in [-0.25, -0.2) is 0 Å². The Balaban J connectivity index is 0.874. The number of nitrogens with zero attached hydrogens (tertiary/aromatic N) is 2. The number of hydrogen-bond acceptors (Lipinski definition) is 4. The fourth-order valence-electron chi connectivity index (χ4n) is 13.4. The third-order valence-electron chi connectivity index (χ3n) is 16.8. The summed E-state index contributed by atoms with van der Waals surface area (Å²) in [5, 5.41) is 7.24. The zero-order valence-electron chi connectivity index (χ0n) is 40.8. The molecule has 2 fully saturated rings. The molecule has 0 atom stereocenters. The molecule has 0 radical (unpaired) electrons. The van der Waals surface area contributed by atoms with Crippen LogP contribution in [0.5, 0.6) is 0 Å². The molecule has 0 N–H and O–H groups in total. The molecule has 2 saturated carbocycles. The maximum atomic E-state index is 7.12. The third kappa shape index (κ3) is 6.78. The molecule has 9 aromatic carbocycles. The molecule has 14 rings (SSSR count). The quantitative estimate of drug-likeness (QED) is 0.152. The summed E-state index contributed by atoms with van der Waals surface area (Å²) in [7, 11) is 0. The molecule has 0 bridgehead atoms. The first-order valence-electron chi connectivity index (χ1n) is 26.3. The van der Waals surface area contributed by atoms with Gasteiger partial charge in [0.25, 0.3) is 0 Å². The van der Waals surface area contributed by atoms with Crippen LogP contribution < -0.4 is 9.80 Å². The van der Waals surface area contributed by atoms with Gasteiger partial charge in [0.05, 0.1) is 11.4 Å². The van der Waals surface area contributed by atoms with Gasteiger partial charge in [-0.05, 0) is 142 Å². The van der Waals surface area contributed by atoms with Crippen molar-refractivity contribution in [1.29, 1.82) is 0 Å². The van der Waals surface area contributed by atoms with Crippen LogP contribution in [0.1, 0.15) is 112 Å². The van der Waals surface area contributed by atoms with E-state index in [9.17, 15) is 0 Å². The molecule has 0 aliphatic heterocycles. The summed E-state index contributed by atoms with van der Waals surface area (Å²) >= 11 is 0. The van der Waals surface area contributed by atoms with Crippen molar-refractivity contribution in [1.82, 2.24) is 0 Å². The summed E-state index contributed by atoms with van der Waals surface area (Å²) in [5.74, 6) is 1.09. The summed E-state index contributed by atoms with van der Waals surface area (Å²) in [6.07, 6.45) is 12.8. The zero-order valence-corrected chi connectivity index (χ0v) is 40.8. The second kappa shape index (κ2) is 16.8. The van der Waals surface area contributed by atoms with Crippen LogP contribution in [0.15, 0.2) is 191 Å². The SMILES string of the molecule is CC1(C)c2cc(N(c3ccccc3)c3cccc4c3oc3c(C5CCCCC5)cccc34)ccc2-c2ccc3cc(N(c4ccccc4)c4cccc5c4oc4c(C6CCCCC6)cccc45)ccc3c21. The standard InChI is InChI=1S/C67H58N2O2/c1-67(2)59-42-49(69(47-25-13-6-14-26-47)61-34-18-32-58-56-30-16-28-52(64(56)71-66(58)61)44-21-9-4-10-22-44)37-40-53(59)54-38-35-45-41-48(36-39-50(45)62(54)67)68(46-23-11-5-12-24-46)60-33-17-31-57-55-29-15-27-51(63(55)70-65(57)60)43-19-7-3-8-20-43/h5-6,11-18,23-44H,3-4,7-10,19-22H2,1-2H3. The molecule has 3 aliphatic rings. The Morgan fingerprint density at radius 3 is 1.38 bits per heavy atom. The van der Waals surface area contributed by atoms with E-state index in [1.54, 1.807) is 0 Å². The molecule has 348 valence electrons. The van der Waals surface area contributed by atoms with E-state index >= 15 is 0 Å². The second-order valence-electron chi connectivity index (χ2n) is 21.2. The van der Waals surface area contributed by atoms with Crippen LogP contribution in [0.25, 0.3) is 65.8 Å². The summed E-state index contributed by atoms with van der Waals surface area (Å²) < 4.78 is 14.2. The lowest BCUT2D eigenvalue weighted by molar-refractivity contribution is 0.442. The Morgan fingerprint density at radius 2 is 0.845 bits per heavy atom. The Hall–Kier alpha value is -7.56. The van der Waals surface area contributed by atoms with Gasteiger partial charge >= 0.3 is 0 Å². The minimum Gasteiger partial charge on any atom is -0.454 e. The zero-order chi connectivity index (χ0) is 47.2. The molecule has 0 amide bonds. The molecular weight excluding hydrogens is 865 g/mol. The van der Waals surface area contributed by atoms with Crippen molar-refractivity contribution >= 4 is 88.8 Å². The lowest BCUT2D eigenvalue weighted by atomic mass is 9.80. The summed E-state index contributed by atoms with van der Waals surface area (Å²) in [6.45, 7) is 4.82. The van der Waals surface area contributed by atoms with Gasteiger partial charge in [-0.1, -0.05) is 174 Å². The van der Waals surface area contributed by atoms with Crippen molar-refractivity contribution in [3.63, 3.8) is 0 Å². The number of rotatable bonds is 8. The fraction of sp³-hybridized carbons (Fsp3) is 0.224. The van der Waals surface area contributed by atoms with Crippen LogP contribution in [0, 0.1) is 0 Å². The minimum absolute atomic E-state index is 0.278. The van der Waals surface area contributed by atoms with Crippen LogP contribution in [-0.4, -0.2) is 0 Å². The van der Waals surface area contributed by atoms with Crippen LogP contribution in [0.2, 0.25) is 0 Å². The van der Waals surface area contributed by atoms with E-state index in [0.717, 1.165) is 61.8 Å². The van der Waals surface area contributed by atoms with E-state index < -0.39 is 0 Å². The molecule has 2 heterocycles. The van der Waals surface area contributed by atoms with Gasteiger partial charge in [0.15, 0.2) is 11.2 Å². The van der Waals surface area contributed by atoms with Gasteiger partial charge < -0.3 is 18.6 Å². The maximum absolute atomic E-state index is 7.12. The first-order valence-corrected chi connectivity index (χ1v) is 26.3. The van der Waals surface area contributed by atoms with E-state index in [0.29, 0.717) is 11.8 Å². The predicted molar refractivity (Wildman–Crippen MR) is 297 cm³/mol. The third-order valence-corrected chi connectivity index (χ3v) is 16.8. The minimum atomic E-state index is -0.278. The van der Waals surface area contributed by atoms with Gasteiger partial charge in [-0.15, -0.1) is 0 Å². The molecule has 3 aliphatic carbocycles. The number of hydrogen-bond donors (Lipinski definition) is 0. The summed E-state index contributed by atoms with van der Waals surface area (Å²) in [6, 6.07) is 67.4. The second-order valence-corrected chi connectivity index (χ2v) is 21.2. The van der Waals surface area contributed by atoms with Crippen molar-refractivity contribution < 1.29 is 8.83 Å². The molecule has 0 spiro atoms. The van der Waals surface area contributed by atoms with E-state index in [-0.39, 0.29) is 5.41 Å². The van der Waals surface area contributed by atoms with Gasteiger partial charge in [-0.2, -0.15) is 0 Å². The van der Waals surface area contributed by atoms with Gasteiger partial charge in [0, 0.05) is 49.7 Å². The Kier molecular flexibility index (Phi) is 10.0. The highest BCUT2D eigenvalue weighted by Crippen LogP contribution is 2.55. The van der Waals surface area contributed by atoms with E-state index in [1.165, 1.54) is 125 Å². The van der Waals surface area contributed by atoms with E-state index in [4.69, 9.17) is 8.83 Å². The van der Waals surface area contributed by atoms with Crippen molar-refractivity contribution in [3.8, 4) is 11.1 Å². The Labute approximate surface area is 416 Å². The average Bonchev–Trinajstić information content (AvgIpc) is 4.08. The number of furan rings is 2. The van der Waals surface area contributed by atoms with Crippen molar-refractivity contribution in [2.45, 2.75) is 95.3 Å². The normalized spacial score (nSPS) is 16.0. The Bertz CT molecular complexity index is 3830. The number of anilines is 6. The van der Waals surface area contributed by atoms with Crippen LogP contribution >= 0.6 is 0 Å². The van der Waals surface area contributed by atoms with Crippen molar-refractivity contribution in [3.05, 3.63) is 204 Å². The smallest absolute Gasteiger partial charge is 0.159 e. The van der Waals surface area contributed by atoms with E-state index in [1.807, 2.05) is 0 Å².